The fraction of sp³-hybridized carbons (Fsp3) is 0.474. The molecular formula is C19H22ClF3N4O2S. The highest BCUT2D eigenvalue weighted by molar-refractivity contribution is 7.85. The van der Waals surface area contributed by atoms with E-state index in [1.54, 1.807) is 18.2 Å². The van der Waals surface area contributed by atoms with Gasteiger partial charge in [-0.3, -0.25) is 14.1 Å². The summed E-state index contributed by atoms with van der Waals surface area (Å²) in [6, 6.07) is 5.59. The number of nitrogens with two attached hydrogens (primary N) is 1. The zero-order valence-corrected chi connectivity index (χ0v) is 17.6. The maximum atomic E-state index is 13.0. The molecule has 0 spiro atoms. The summed E-state index contributed by atoms with van der Waals surface area (Å²) < 4.78 is 50.2. The predicted octanol–water partition coefficient (Wildman–Crippen LogP) is 3.86. The van der Waals surface area contributed by atoms with Gasteiger partial charge in [-0.1, -0.05) is 11.6 Å². The lowest BCUT2D eigenvalue weighted by Gasteiger charge is -2.27. The van der Waals surface area contributed by atoms with Crippen molar-refractivity contribution in [2.75, 3.05) is 23.8 Å². The molecule has 0 aliphatic carbocycles. The standard InChI is InChI=1S/C19H22ClF3N4O2S/c20-15-2-1-14(24)9-13(15)11-27(6-3-12-4-7-30(29)8-5-12)18(28)16-10-17(26-25-16)19(21,22)23/h1-2,9-10,12H,3-8,11,24H2,(H,25,26). The van der Waals surface area contributed by atoms with Gasteiger partial charge in [0.05, 0.1) is 0 Å². The van der Waals surface area contributed by atoms with Crippen molar-refractivity contribution in [3.8, 4) is 0 Å². The van der Waals surface area contributed by atoms with Crippen LogP contribution >= 0.6 is 11.6 Å². The van der Waals surface area contributed by atoms with Crippen LogP contribution in [-0.2, 0) is 23.5 Å². The molecule has 3 rings (SSSR count). The smallest absolute Gasteiger partial charge is 0.399 e. The molecule has 0 atom stereocenters. The maximum Gasteiger partial charge on any atom is 0.432 e. The molecule has 0 radical (unpaired) electrons. The summed E-state index contributed by atoms with van der Waals surface area (Å²) >= 11 is 6.22. The Kier molecular flexibility index (Phi) is 7.07. The Balaban J connectivity index is 1.78. The van der Waals surface area contributed by atoms with Gasteiger partial charge in [0.2, 0.25) is 0 Å². The average Bonchev–Trinajstić information content (AvgIpc) is 3.19. The molecule has 11 heteroatoms. The number of carbonyl (C=O) groups excluding carboxylic acids is 1. The maximum absolute atomic E-state index is 13.0. The van der Waals surface area contributed by atoms with E-state index in [0.717, 1.165) is 12.8 Å². The molecule has 30 heavy (non-hydrogen) atoms. The zero-order chi connectivity index (χ0) is 21.9. The van der Waals surface area contributed by atoms with Crippen molar-refractivity contribution in [1.29, 1.82) is 0 Å². The van der Waals surface area contributed by atoms with E-state index < -0.39 is 28.6 Å². The Bertz CT molecular complexity index is 925. The summed E-state index contributed by atoms with van der Waals surface area (Å²) in [4.78, 5) is 14.4. The highest BCUT2D eigenvalue weighted by Crippen LogP contribution is 2.29. The number of halogens is 4. The number of nitrogens with one attached hydrogen (secondary N) is 1. The number of hydrogen-bond acceptors (Lipinski definition) is 4. The van der Waals surface area contributed by atoms with E-state index in [1.165, 1.54) is 4.90 Å². The van der Waals surface area contributed by atoms with E-state index in [4.69, 9.17) is 17.3 Å². The first-order valence-electron chi connectivity index (χ1n) is 9.44. The van der Waals surface area contributed by atoms with Crippen LogP contribution in [0.1, 0.15) is 41.0 Å². The quantitative estimate of drug-likeness (QED) is 0.638. The topological polar surface area (TPSA) is 92.1 Å². The molecule has 0 unspecified atom stereocenters. The number of carbonyl (C=O) groups is 1. The van der Waals surface area contributed by atoms with Gasteiger partial charge in [-0.05, 0) is 48.9 Å². The normalized spacial score (nSPS) is 19.6. The molecule has 1 saturated heterocycles. The molecule has 3 N–H and O–H groups in total. The monoisotopic (exact) mass is 462 g/mol. The number of rotatable bonds is 6. The molecular weight excluding hydrogens is 441 g/mol. The predicted molar refractivity (Wildman–Crippen MR) is 109 cm³/mol. The van der Waals surface area contributed by atoms with E-state index >= 15 is 0 Å². The first-order chi connectivity index (χ1) is 14.1. The molecule has 1 aromatic heterocycles. The number of nitrogen functional groups attached to an aromatic ring is 1. The van der Waals surface area contributed by atoms with E-state index in [2.05, 4.69) is 5.10 Å². The van der Waals surface area contributed by atoms with Crippen LogP contribution < -0.4 is 5.73 Å². The molecule has 1 amide bonds. The van der Waals surface area contributed by atoms with Crippen LogP contribution in [0.3, 0.4) is 0 Å². The molecule has 2 aromatic rings. The van der Waals surface area contributed by atoms with Gasteiger partial charge in [0.25, 0.3) is 5.91 Å². The average molecular weight is 463 g/mol. The van der Waals surface area contributed by atoms with E-state index in [9.17, 15) is 22.2 Å². The Labute approximate surface area is 179 Å². The van der Waals surface area contributed by atoms with Crippen LogP contribution in [-0.4, -0.2) is 43.3 Å². The first-order valence-corrected chi connectivity index (χ1v) is 11.3. The molecule has 6 nitrogen and oxygen atoms in total. The lowest BCUT2D eigenvalue weighted by molar-refractivity contribution is -0.141. The number of benzene rings is 1. The number of H-pyrrole nitrogens is 1. The second kappa shape index (κ2) is 9.38. The number of anilines is 1. The van der Waals surface area contributed by atoms with Crippen molar-refractivity contribution < 1.29 is 22.2 Å². The highest BCUT2D eigenvalue weighted by atomic mass is 35.5. The number of aromatic nitrogens is 2. The summed E-state index contributed by atoms with van der Waals surface area (Å²) in [5.41, 5.74) is 5.49. The minimum absolute atomic E-state index is 0.0928. The number of nitrogens with zero attached hydrogens (tertiary/aromatic N) is 2. The van der Waals surface area contributed by atoms with Gasteiger partial charge >= 0.3 is 6.18 Å². The fourth-order valence-corrected chi connectivity index (χ4v) is 4.96. The summed E-state index contributed by atoms with van der Waals surface area (Å²) in [6.07, 6.45) is -2.37. The Hall–Kier alpha value is -2.07. The van der Waals surface area contributed by atoms with Gasteiger partial charge in [0.15, 0.2) is 5.69 Å². The summed E-state index contributed by atoms with van der Waals surface area (Å²) in [6.45, 7) is 0.408. The molecule has 164 valence electrons. The lowest BCUT2D eigenvalue weighted by Crippen LogP contribution is -2.33. The largest absolute Gasteiger partial charge is 0.432 e. The Morgan fingerprint density at radius 3 is 2.63 bits per heavy atom. The lowest BCUT2D eigenvalue weighted by atomic mass is 9.98. The Morgan fingerprint density at radius 2 is 2.00 bits per heavy atom. The second-order valence-electron chi connectivity index (χ2n) is 7.32. The molecule has 0 saturated carbocycles. The van der Waals surface area contributed by atoms with Gasteiger partial charge in [0, 0.05) is 52.2 Å². The van der Waals surface area contributed by atoms with Crippen LogP contribution in [0.15, 0.2) is 24.3 Å². The number of alkyl halides is 3. The Morgan fingerprint density at radius 1 is 1.30 bits per heavy atom. The van der Waals surface area contributed by atoms with Crippen LogP contribution in [0.2, 0.25) is 5.02 Å². The molecule has 0 bridgehead atoms. The highest BCUT2D eigenvalue weighted by Gasteiger charge is 2.34. The fourth-order valence-electron chi connectivity index (χ4n) is 3.38. The van der Waals surface area contributed by atoms with Gasteiger partial charge in [0.1, 0.15) is 5.69 Å². The van der Waals surface area contributed by atoms with Crippen molar-refractivity contribution in [3.05, 3.63) is 46.2 Å². The third-order valence-electron chi connectivity index (χ3n) is 5.14. The number of aromatic amines is 1. The SMILES string of the molecule is Nc1ccc(Cl)c(CN(CCC2CCS(=O)CC2)C(=O)c2cc(C(F)(F)F)[nH]n2)c1. The van der Waals surface area contributed by atoms with Crippen LogP contribution in [0.4, 0.5) is 18.9 Å². The van der Waals surface area contributed by atoms with Gasteiger partial charge in [-0.25, -0.2) is 0 Å². The van der Waals surface area contributed by atoms with Crippen molar-refractivity contribution >= 4 is 34.0 Å². The van der Waals surface area contributed by atoms with E-state index in [-0.39, 0.29) is 12.2 Å². The minimum Gasteiger partial charge on any atom is -0.399 e. The van der Waals surface area contributed by atoms with Gasteiger partial charge < -0.3 is 10.6 Å². The molecule has 1 fully saturated rings. The van der Waals surface area contributed by atoms with Crippen molar-refractivity contribution in [2.24, 2.45) is 5.92 Å². The van der Waals surface area contributed by atoms with Crippen LogP contribution in [0.5, 0.6) is 0 Å². The van der Waals surface area contributed by atoms with Crippen LogP contribution in [0.25, 0.3) is 0 Å². The third kappa shape index (κ3) is 5.75. The first kappa shape index (κ1) is 22.6. The molecule has 2 heterocycles. The molecule has 1 aromatic carbocycles. The molecule has 1 aliphatic rings. The number of hydrogen-bond donors (Lipinski definition) is 2. The summed E-state index contributed by atoms with van der Waals surface area (Å²) in [5.74, 6) is 0.945. The number of amides is 1. The van der Waals surface area contributed by atoms with Crippen molar-refractivity contribution in [2.45, 2.75) is 32.0 Å². The molecule has 1 aliphatic heterocycles. The van der Waals surface area contributed by atoms with E-state index in [0.29, 0.717) is 52.7 Å². The van der Waals surface area contributed by atoms with E-state index in [1.807, 2.05) is 5.10 Å². The minimum atomic E-state index is -4.62. The summed E-state index contributed by atoms with van der Waals surface area (Å²) in [7, 11) is -0.789. The van der Waals surface area contributed by atoms with Crippen molar-refractivity contribution in [3.63, 3.8) is 0 Å². The van der Waals surface area contributed by atoms with Crippen molar-refractivity contribution in [1.82, 2.24) is 15.1 Å². The third-order valence-corrected chi connectivity index (χ3v) is 6.89. The van der Waals surface area contributed by atoms with Crippen LogP contribution in [0, 0.1) is 5.92 Å². The van der Waals surface area contributed by atoms with Gasteiger partial charge in [-0.2, -0.15) is 18.3 Å². The second-order valence-corrected chi connectivity index (χ2v) is 9.43. The zero-order valence-electron chi connectivity index (χ0n) is 16.0. The van der Waals surface area contributed by atoms with Gasteiger partial charge in [-0.15, -0.1) is 0 Å². The summed E-state index contributed by atoms with van der Waals surface area (Å²) in [5, 5.41) is 5.84.